The Labute approximate surface area is 104 Å². The Bertz CT molecular complexity index is 342. The fourth-order valence-corrected chi connectivity index (χ4v) is 2.24. The first-order valence-electron chi connectivity index (χ1n) is 4.85. The summed E-state index contributed by atoms with van der Waals surface area (Å²) < 4.78 is 0.968. The third-order valence-corrected chi connectivity index (χ3v) is 2.87. The Balaban J connectivity index is 2.72. The summed E-state index contributed by atoms with van der Waals surface area (Å²) in [6.45, 7) is 5.88. The molecule has 15 heavy (non-hydrogen) atoms. The van der Waals surface area contributed by atoms with Crippen molar-refractivity contribution in [2.24, 2.45) is 5.73 Å². The summed E-state index contributed by atoms with van der Waals surface area (Å²) in [5, 5.41) is 0.713. The molecule has 1 aromatic carbocycles. The van der Waals surface area contributed by atoms with Gasteiger partial charge in [-0.15, -0.1) is 6.58 Å². The molecule has 0 saturated carbocycles. The lowest BCUT2D eigenvalue weighted by Crippen LogP contribution is -2.10. The Morgan fingerprint density at radius 1 is 1.53 bits per heavy atom. The summed E-state index contributed by atoms with van der Waals surface area (Å²) in [5.41, 5.74) is 8.28. The number of rotatable bonds is 4. The average molecular weight is 289 g/mol. The second-order valence-corrected chi connectivity index (χ2v) is 5.16. The molecule has 0 amide bonds. The Hall–Kier alpha value is -0.310. The minimum atomic E-state index is 0.0247. The van der Waals surface area contributed by atoms with Gasteiger partial charge in [-0.3, -0.25) is 0 Å². The van der Waals surface area contributed by atoms with E-state index in [0.717, 1.165) is 28.5 Å². The van der Waals surface area contributed by atoms with Crippen LogP contribution in [0.5, 0.6) is 0 Å². The fourth-order valence-electron chi connectivity index (χ4n) is 1.36. The predicted molar refractivity (Wildman–Crippen MR) is 70.1 cm³/mol. The van der Waals surface area contributed by atoms with Crippen LogP contribution in [0.3, 0.4) is 0 Å². The molecule has 0 spiro atoms. The van der Waals surface area contributed by atoms with E-state index in [1.54, 1.807) is 0 Å². The number of hydrogen-bond donors (Lipinski definition) is 1. The van der Waals surface area contributed by atoms with E-state index in [1.165, 1.54) is 0 Å². The van der Waals surface area contributed by atoms with Crippen LogP contribution < -0.4 is 5.73 Å². The Kier molecular flexibility index (Phi) is 4.84. The first-order valence-corrected chi connectivity index (χ1v) is 6.02. The van der Waals surface area contributed by atoms with Gasteiger partial charge in [-0.2, -0.15) is 0 Å². The Morgan fingerprint density at radius 2 is 2.20 bits per heavy atom. The molecule has 0 bridgehead atoms. The van der Waals surface area contributed by atoms with E-state index in [4.69, 9.17) is 17.3 Å². The molecule has 0 saturated heterocycles. The lowest BCUT2D eigenvalue weighted by Gasteiger charge is -2.12. The molecule has 0 aromatic heterocycles. The first kappa shape index (κ1) is 12.8. The molecule has 1 nitrogen and oxygen atoms in total. The standard InChI is InChI=1S/C12H15BrClN/c1-8(2)3-4-12(15)9-5-10(13)7-11(14)6-9/h5-7,12H,1,3-4,15H2,2H3. The molecule has 1 rings (SSSR count). The van der Waals surface area contributed by atoms with Gasteiger partial charge in [0.2, 0.25) is 0 Å². The van der Waals surface area contributed by atoms with Crippen molar-refractivity contribution in [2.45, 2.75) is 25.8 Å². The van der Waals surface area contributed by atoms with Crippen LogP contribution in [-0.2, 0) is 0 Å². The predicted octanol–water partition coefficient (Wildman–Crippen LogP) is 4.46. The van der Waals surface area contributed by atoms with Crippen LogP contribution >= 0.6 is 27.5 Å². The molecule has 0 aliphatic rings. The van der Waals surface area contributed by atoms with Gasteiger partial charge >= 0.3 is 0 Å². The maximum Gasteiger partial charge on any atom is 0.0420 e. The summed E-state index contributed by atoms with van der Waals surface area (Å²) in [6.07, 6.45) is 1.85. The van der Waals surface area contributed by atoms with Gasteiger partial charge in [0, 0.05) is 15.5 Å². The lowest BCUT2D eigenvalue weighted by atomic mass is 10.0. The van der Waals surface area contributed by atoms with Gasteiger partial charge in [-0.1, -0.05) is 33.1 Å². The second-order valence-electron chi connectivity index (χ2n) is 3.81. The highest BCUT2D eigenvalue weighted by atomic mass is 79.9. The van der Waals surface area contributed by atoms with Crippen LogP contribution in [0.1, 0.15) is 31.4 Å². The summed E-state index contributed by atoms with van der Waals surface area (Å²) in [5.74, 6) is 0. The van der Waals surface area contributed by atoms with Gasteiger partial charge in [0.15, 0.2) is 0 Å². The summed E-state index contributed by atoms with van der Waals surface area (Å²) >= 11 is 9.36. The molecule has 0 heterocycles. The molecule has 1 unspecified atom stereocenters. The van der Waals surface area contributed by atoms with E-state index in [-0.39, 0.29) is 6.04 Å². The van der Waals surface area contributed by atoms with E-state index < -0.39 is 0 Å². The zero-order chi connectivity index (χ0) is 11.4. The highest BCUT2D eigenvalue weighted by molar-refractivity contribution is 9.10. The largest absolute Gasteiger partial charge is 0.324 e. The summed E-state index contributed by atoms with van der Waals surface area (Å²) in [4.78, 5) is 0. The zero-order valence-corrected chi connectivity index (χ0v) is 11.1. The van der Waals surface area contributed by atoms with Crippen molar-refractivity contribution in [3.63, 3.8) is 0 Å². The van der Waals surface area contributed by atoms with Crippen LogP contribution in [-0.4, -0.2) is 0 Å². The summed E-state index contributed by atoms with van der Waals surface area (Å²) in [6, 6.07) is 5.80. The van der Waals surface area contributed by atoms with Crippen molar-refractivity contribution < 1.29 is 0 Å². The normalized spacial score (nSPS) is 12.5. The molecule has 0 aliphatic heterocycles. The molecule has 0 radical (unpaired) electrons. The smallest absolute Gasteiger partial charge is 0.0420 e. The van der Waals surface area contributed by atoms with Crippen molar-refractivity contribution in [1.82, 2.24) is 0 Å². The van der Waals surface area contributed by atoms with Crippen LogP contribution in [0.4, 0.5) is 0 Å². The van der Waals surface area contributed by atoms with Gasteiger partial charge in [-0.25, -0.2) is 0 Å². The number of hydrogen-bond acceptors (Lipinski definition) is 1. The first-order chi connectivity index (χ1) is 6.99. The van der Waals surface area contributed by atoms with Gasteiger partial charge in [0.05, 0.1) is 0 Å². The van der Waals surface area contributed by atoms with Crippen molar-refractivity contribution in [2.75, 3.05) is 0 Å². The SMILES string of the molecule is C=C(C)CCC(N)c1cc(Cl)cc(Br)c1. The second kappa shape index (κ2) is 5.69. The van der Waals surface area contributed by atoms with Gasteiger partial charge in [-0.05, 0) is 43.5 Å². The van der Waals surface area contributed by atoms with Gasteiger partial charge < -0.3 is 5.73 Å². The molecule has 82 valence electrons. The third kappa shape index (κ3) is 4.37. The Morgan fingerprint density at radius 3 is 2.73 bits per heavy atom. The molecule has 0 aliphatic carbocycles. The highest BCUT2D eigenvalue weighted by Crippen LogP contribution is 2.25. The molecule has 1 atom stereocenters. The number of halogens is 2. The number of nitrogens with two attached hydrogens (primary N) is 1. The number of allylic oxidation sites excluding steroid dienone is 1. The van der Waals surface area contributed by atoms with Crippen molar-refractivity contribution in [3.05, 3.63) is 45.4 Å². The van der Waals surface area contributed by atoms with Crippen molar-refractivity contribution in [1.29, 1.82) is 0 Å². The molecule has 0 fully saturated rings. The van der Waals surface area contributed by atoms with Crippen molar-refractivity contribution >= 4 is 27.5 Å². The minimum absolute atomic E-state index is 0.0247. The lowest BCUT2D eigenvalue weighted by molar-refractivity contribution is 0.649. The fraction of sp³-hybridized carbons (Fsp3) is 0.333. The van der Waals surface area contributed by atoms with E-state index in [2.05, 4.69) is 22.5 Å². The molecule has 2 N–H and O–H groups in total. The van der Waals surface area contributed by atoms with E-state index in [1.807, 2.05) is 25.1 Å². The van der Waals surface area contributed by atoms with Crippen LogP contribution in [0, 0.1) is 0 Å². The van der Waals surface area contributed by atoms with E-state index in [0.29, 0.717) is 5.02 Å². The van der Waals surface area contributed by atoms with Crippen molar-refractivity contribution in [3.8, 4) is 0 Å². The average Bonchev–Trinajstić information content (AvgIpc) is 2.12. The maximum atomic E-state index is 6.06. The highest BCUT2D eigenvalue weighted by Gasteiger charge is 2.07. The quantitative estimate of drug-likeness (QED) is 0.813. The molecule has 1 aromatic rings. The molecular weight excluding hydrogens is 273 g/mol. The third-order valence-electron chi connectivity index (χ3n) is 2.20. The van der Waals surface area contributed by atoms with E-state index in [9.17, 15) is 0 Å². The molecule has 3 heteroatoms. The summed E-state index contributed by atoms with van der Waals surface area (Å²) in [7, 11) is 0. The van der Waals surface area contributed by atoms with Crippen LogP contribution in [0.25, 0.3) is 0 Å². The monoisotopic (exact) mass is 287 g/mol. The van der Waals surface area contributed by atoms with Gasteiger partial charge in [0.25, 0.3) is 0 Å². The number of benzene rings is 1. The van der Waals surface area contributed by atoms with Crippen LogP contribution in [0.2, 0.25) is 5.02 Å². The van der Waals surface area contributed by atoms with Crippen LogP contribution in [0.15, 0.2) is 34.8 Å². The minimum Gasteiger partial charge on any atom is -0.324 e. The van der Waals surface area contributed by atoms with Gasteiger partial charge in [0.1, 0.15) is 0 Å². The topological polar surface area (TPSA) is 26.0 Å². The maximum absolute atomic E-state index is 6.06. The zero-order valence-electron chi connectivity index (χ0n) is 8.76. The van der Waals surface area contributed by atoms with E-state index >= 15 is 0 Å². The molecular formula is C12H15BrClN.